The third-order valence-electron chi connectivity index (χ3n) is 3.08. The summed E-state index contributed by atoms with van der Waals surface area (Å²) < 4.78 is 0. The molecule has 4 nitrogen and oxygen atoms in total. The van der Waals surface area contributed by atoms with E-state index in [2.05, 4.69) is 14.9 Å². The maximum absolute atomic E-state index is 6.18. The monoisotopic (exact) mass is 276 g/mol. The van der Waals surface area contributed by atoms with Gasteiger partial charge in [-0.3, -0.25) is 4.90 Å². The highest BCUT2D eigenvalue weighted by Gasteiger charge is 2.17. The molecule has 0 aliphatic carbocycles. The normalized spacial score (nSPS) is 12.6. The minimum atomic E-state index is 0.0549. The summed E-state index contributed by atoms with van der Waals surface area (Å²) >= 11 is 6.18. The van der Waals surface area contributed by atoms with Gasteiger partial charge >= 0.3 is 0 Å². The molecule has 0 amide bonds. The van der Waals surface area contributed by atoms with Crippen molar-refractivity contribution in [3.05, 3.63) is 59.1 Å². The number of halogens is 1. The summed E-state index contributed by atoms with van der Waals surface area (Å²) in [6.07, 6.45) is 3.27. The van der Waals surface area contributed by atoms with Crippen molar-refractivity contribution in [1.29, 1.82) is 0 Å². The van der Waals surface area contributed by atoms with Crippen molar-refractivity contribution < 1.29 is 0 Å². The molecule has 19 heavy (non-hydrogen) atoms. The molecule has 1 aromatic carbocycles. The molecule has 0 spiro atoms. The molecule has 1 atom stereocenters. The molecule has 0 saturated heterocycles. The highest BCUT2D eigenvalue weighted by atomic mass is 35.5. The van der Waals surface area contributed by atoms with Gasteiger partial charge in [0.2, 0.25) is 0 Å². The molecule has 0 radical (unpaired) electrons. The van der Waals surface area contributed by atoms with Crippen LogP contribution in [0, 0.1) is 0 Å². The van der Waals surface area contributed by atoms with E-state index in [0.29, 0.717) is 6.54 Å². The average molecular weight is 277 g/mol. The molecule has 0 fully saturated rings. The van der Waals surface area contributed by atoms with E-state index in [1.54, 1.807) is 12.5 Å². The van der Waals surface area contributed by atoms with E-state index < -0.39 is 0 Å². The van der Waals surface area contributed by atoms with E-state index in [4.69, 9.17) is 17.3 Å². The van der Waals surface area contributed by atoms with Crippen molar-refractivity contribution in [2.75, 3.05) is 13.6 Å². The van der Waals surface area contributed by atoms with Gasteiger partial charge in [0.05, 0.1) is 11.7 Å². The molecule has 2 N–H and O–H groups in total. The van der Waals surface area contributed by atoms with Crippen LogP contribution >= 0.6 is 11.6 Å². The van der Waals surface area contributed by atoms with E-state index in [1.165, 1.54) is 0 Å². The molecule has 5 heteroatoms. The minimum Gasteiger partial charge on any atom is -0.329 e. The summed E-state index contributed by atoms with van der Waals surface area (Å²) in [5, 5.41) is 0.771. The van der Waals surface area contributed by atoms with Crippen molar-refractivity contribution in [2.45, 2.75) is 12.6 Å². The first-order valence-electron chi connectivity index (χ1n) is 6.12. The Morgan fingerprint density at radius 1 is 1.32 bits per heavy atom. The van der Waals surface area contributed by atoms with E-state index in [-0.39, 0.29) is 6.04 Å². The highest BCUT2D eigenvalue weighted by Crippen LogP contribution is 2.21. The van der Waals surface area contributed by atoms with Gasteiger partial charge in [-0.2, -0.15) is 0 Å². The van der Waals surface area contributed by atoms with Gasteiger partial charge in [0.15, 0.2) is 0 Å². The van der Waals surface area contributed by atoms with Crippen molar-refractivity contribution in [3.63, 3.8) is 0 Å². The van der Waals surface area contributed by atoms with Gasteiger partial charge in [-0.15, -0.1) is 0 Å². The topological polar surface area (TPSA) is 55.0 Å². The van der Waals surface area contributed by atoms with Gasteiger partial charge in [-0.1, -0.05) is 29.8 Å². The van der Waals surface area contributed by atoms with E-state index in [0.717, 1.165) is 22.8 Å². The Kier molecular flexibility index (Phi) is 4.85. The summed E-state index contributed by atoms with van der Waals surface area (Å²) in [5.41, 5.74) is 7.87. The van der Waals surface area contributed by atoms with Gasteiger partial charge < -0.3 is 5.73 Å². The lowest BCUT2D eigenvalue weighted by atomic mass is 10.1. The Hall–Kier alpha value is -1.49. The van der Waals surface area contributed by atoms with E-state index >= 15 is 0 Å². The second-order valence-corrected chi connectivity index (χ2v) is 4.80. The third-order valence-corrected chi connectivity index (χ3v) is 3.45. The van der Waals surface area contributed by atoms with Crippen LogP contribution in [0.15, 0.2) is 42.9 Å². The maximum Gasteiger partial charge on any atom is 0.115 e. The first kappa shape index (κ1) is 13.9. The number of hydrogen-bond donors (Lipinski definition) is 1. The van der Waals surface area contributed by atoms with Gasteiger partial charge in [0, 0.05) is 24.3 Å². The standard InChI is InChI=1S/C14H17ClN4/c1-19(9-11-4-2-3-5-12(11)15)14(8-16)13-6-7-17-10-18-13/h2-7,10,14H,8-9,16H2,1H3. The van der Waals surface area contributed by atoms with Crippen LogP contribution in [0.1, 0.15) is 17.3 Å². The zero-order valence-corrected chi connectivity index (χ0v) is 11.6. The van der Waals surface area contributed by atoms with Crippen molar-refractivity contribution in [3.8, 4) is 0 Å². The van der Waals surface area contributed by atoms with Crippen LogP contribution in [0.2, 0.25) is 5.02 Å². The maximum atomic E-state index is 6.18. The average Bonchev–Trinajstić information content (AvgIpc) is 2.43. The molecular formula is C14H17ClN4. The summed E-state index contributed by atoms with van der Waals surface area (Å²) in [5.74, 6) is 0. The summed E-state index contributed by atoms with van der Waals surface area (Å²) in [6, 6.07) is 9.77. The van der Waals surface area contributed by atoms with Crippen LogP contribution in [-0.4, -0.2) is 28.5 Å². The lowest BCUT2D eigenvalue weighted by molar-refractivity contribution is 0.237. The Bertz CT molecular complexity index is 518. The fourth-order valence-corrected chi connectivity index (χ4v) is 2.23. The van der Waals surface area contributed by atoms with Gasteiger partial charge in [-0.25, -0.2) is 9.97 Å². The fourth-order valence-electron chi connectivity index (χ4n) is 2.03. The number of likely N-dealkylation sites (N-methyl/N-ethyl adjacent to an activating group) is 1. The fraction of sp³-hybridized carbons (Fsp3) is 0.286. The van der Waals surface area contributed by atoms with Crippen LogP contribution in [-0.2, 0) is 6.54 Å². The first-order valence-corrected chi connectivity index (χ1v) is 6.49. The van der Waals surface area contributed by atoms with Crippen molar-refractivity contribution >= 4 is 11.6 Å². The van der Waals surface area contributed by atoms with Crippen LogP contribution in [0.25, 0.3) is 0 Å². The number of nitrogens with zero attached hydrogens (tertiary/aromatic N) is 3. The Labute approximate surface area is 118 Å². The summed E-state index contributed by atoms with van der Waals surface area (Å²) in [4.78, 5) is 10.3. The van der Waals surface area contributed by atoms with Crippen molar-refractivity contribution in [1.82, 2.24) is 14.9 Å². The number of aromatic nitrogens is 2. The molecule has 1 unspecified atom stereocenters. The molecule has 100 valence electrons. The second kappa shape index (κ2) is 6.61. The van der Waals surface area contributed by atoms with Crippen LogP contribution < -0.4 is 5.73 Å². The molecule has 2 rings (SSSR count). The predicted molar refractivity (Wildman–Crippen MR) is 76.7 cm³/mol. The SMILES string of the molecule is CN(Cc1ccccc1Cl)C(CN)c1ccncn1. The quantitative estimate of drug-likeness (QED) is 0.910. The van der Waals surface area contributed by atoms with E-state index in [1.807, 2.05) is 37.4 Å². The van der Waals surface area contributed by atoms with Gasteiger partial charge in [0.1, 0.15) is 6.33 Å². The largest absolute Gasteiger partial charge is 0.329 e. The molecule has 1 aromatic heterocycles. The lowest BCUT2D eigenvalue weighted by Crippen LogP contribution is -2.31. The number of rotatable bonds is 5. The third kappa shape index (κ3) is 3.50. The number of nitrogens with two attached hydrogens (primary N) is 1. The molecule has 0 aliphatic heterocycles. The van der Waals surface area contributed by atoms with E-state index in [9.17, 15) is 0 Å². The Balaban J connectivity index is 2.14. The van der Waals surface area contributed by atoms with Crippen LogP contribution in [0.4, 0.5) is 0 Å². The van der Waals surface area contributed by atoms with Gasteiger partial charge in [0.25, 0.3) is 0 Å². The molecule has 0 aliphatic rings. The zero-order chi connectivity index (χ0) is 13.7. The summed E-state index contributed by atoms with van der Waals surface area (Å²) in [6.45, 7) is 1.23. The highest BCUT2D eigenvalue weighted by molar-refractivity contribution is 6.31. The van der Waals surface area contributed by atoms with Crippen LogP contribution in [0.5, 0.6) is 0 Å². The number of benzene rings is 1. The summed E-state index contributed by atoms with van der Waals surface area (Å²) in [7, 11) is 2.02. The van der Waals surface area contributed by atoms with Crippen molar-refractivity contribution in [2.24, 2.45) is 5.73 Å². The van der Waals surface area contributed by atoms with Crippen LogP contribution in [0.3, 0.4) is 0 Å². The molecule has 1 heterocycles. The smallest absolute Gasteiger partial charge is 0.115 e. The first-order chi connectivity index (χ1) is 9.22. The number of hydrogen-bond acceptors (Lipinski definition) is 4. The zero-order valence-electron chi connectivity index (χ0n) is 10.8. The molecule has 0 saturated carbocycles. The Morgan fingerprint density at radius 3 is 2.74 bits per heavy atom. The molecule has 2 aromatic rings. The second-order valence-electron chi connectivity index (χ2n) is 4.39. The predicted octanol–water partition coefficient (Wildman–Crippen LogP) is 2.26. The molecule has 0 bridgehead atoms. The lowest BCUT2D eigenvalue weighted by Gasteiger charge is -2.26. The van der Waals surface area contributed by atoms with Gasteiger partial charge in [-0.05, 0) is 24.7 Å². The molecular weight excluding hydrogens is 260 g/mol. The minimum absolute atomic E-state index is 0.0549. The Morgan fingerprint density at radius 2 is 2.11 bits per heavy atom.